The molecule has 1 aromatic carbocycles. The van der Waals surface area contributed by atoms with Gasteiger partial charge in [0.2, 0.25) is 5.89 Å². The maximum Gasteiger partial charge on any atom is 0.204 e. The van der Waals surface area contributed by atoms with E-state index in [0.29, 0.717) is 34.0 Å². The third kappa shape index (κ3) is 3.34. The van der Waals surface area contributed by atoms with E-state index in [4.69, 9.17) is 21.0 Å². The van der Waals surface area contributed by atoms with Crippen molar-refractivity contribution in [3.8, 4) is 11.5 Å². The molecule has 0 spiro atoms. The highest BCUT2D eigenvalue weighted by Crippen LogP contribution is 2.41. The molecule has 3 aromatic heterocycles. The largest absolute Gasteiger partial charge is 0.447 e. The standard InChI is InChI=1S/C22H22ClN5O2/c1-12(2)8-28-9-16(15-6-14(23)3-4-19(15)28)22-26-18(11-30-22)21-25-17-5-13(10-29)7-24-20(17)27-21/h3-7,11-12,16,29H,8-10H2,1-2H3,(H,24,25,27). The quantitative estimate of drug-likeness (QED) is 0.495. The van der Waals surface area contributed by atoms with Crippen molar-refractivity contribution in [2.24, 2.45) is 5.92 Å². The Kier molecular flexibility index (Phi) is 4.72. The second kappa shape index (κ2) is 7.41. The number of rotatable bonds is 5. The number of halogens is 1. The van der Waals surface area contributed by atoms with Crippen molar-refractivity contribution >= 4 is 28.5 Å². The summed E-state index contributed by atoms with van der Waals surface area (Å²) in [5, 5.41) is 10.0. The summed E-state index contributed by atoms with van der Waals surface area (Å²) in [5.41, 5.74) is 5.00. The molecule has 1 atom stereocenters. The van der Waals surface area contributed by atoms with Crippen LogP contribution in [0.2, 0.25) is 5.02 Å². The number of aromatic amines is 1. The molecule has 0 aliphatic carbocycles. The van der Waals surface area contributed by atoms with Gasteiger partial charge in [-0.1, -0.05) is 25.4 Å². The Labute approximate surface area is 178 Å². The van der Waals surface area contributed by atoms with E-state index in [1.54, 1.807) is 12.5 Å². The second-order valence-electron chi connectivity index (χ2n) is 8.08. The number of benzene rings is 1. The minimum absolute atomic E-state index is 0.00898. The summed E-state index contributed by atoms with van der Waals surface area (Å²) in [6, 6.07) is 7.85. The number of pyridine rings is 1. The molecule has 4 aromatic rings. The molecule has 1 aliphatic heterocycles. The topological polar surface area (TPSA) is 91.1 Å². The molecule has 4 heterocycles. The van der Waals surface area contributed by atoms with E-state index in [9.17, 15) is 5.11 Å². The average Bonchev–Trinajstić information content (AvgIpc) is 3.43. The van der Waals surface area contributed by atoms with Crippen LogP contribution in [0.25, 0.3) is 22.7 Å². The molecule has 0 saturated carbocycles. The van der Waals surface area contributed by atoms with Gasteiger partial charge in [0, 0.05) is 30.0 Å². The normalized spacial score (nSPS) is 16.0. The highest BCUT2D eigenvalue weighted by molar-refractivity contribution is 6.30. The fraction of sp³-hybridized carbons (Fsp3) is 0.318. The van der Waals surface area contributed by atoms with Gasteiger partial charge in [-0.15, -0.1) is 0 Å². The van der Waals surface area contributed by atoms with Gasteiger partial charge in [-0.25, -0.2) is 15.0 Å². The number of aliphatic hydroxyl groups is 1. The van der Waals surface area contributed by atoms with E-state index in [-0.39, 0.29) is 12.5 Å². The minimum atomic E-state index is -0.0675. The number of aromatic nitrogens is 4. The second-order valence-corrected chi connectivity index (χ2v) is 8.52. The first-order valence-electron chi connectivity index (χ1n) is 9.97. The molecule has 154 valence electrons. The number of nitrogens with zero attached hydrogens (tertiary/aromatic N) is 4. The van der Waals surface area contributed by atoms with E-state index < -0.39 is 0 Å². The Morgan fingerprint density at radius 1 is 1.30 bits per heavy atom. The molecule has 1 unspecified atom stereocenters. The van der Waals surface area contributed by atoms with Gasteiger partial charge in [0.15, 0.2) is 11.5 Å². The molecular formula is C22H22ClN5O2. The van der Waals surface area contributed by atoms with Crippen LogP contribution in [0.15, 0.2) is 41.1 Å². The van der Waals surface area contributed by atoms with Gasteiger partial charge >= 0.3 is 0 Å². The van der Waals surface area contributed by atoms with Crippen LogP contribution >= 0.6 is 11.6 Å². The lowest BCUT2D eigenvalue weighted by atomic mass is 10.0. The molecule has 8 heteroatoms. The highest BCUT2D eigenvalue weighted by atomic mass is 35.5. The summed E-state index contributed by atoms with van der Waals surface area (Å²) < 4.78 is 5.89. The maximum absolute atomic E-state index is 9.31. The first-order valence-corrected chi connectivity index (χ1v) is 10.4. The van der Waals surface area contributed by atoms with Crippen molar-refractivity contribution < 1.29 is 9.52 Å². The molecule has 0 fully saturated rings. The fourth-order valence-electron chi connectivity index (χ4n) is 4.04. The number of hydrogen-bond acceptors (Lipinski definition) is 6. The summed E-state index contributed by atoms with van der Waals surface area (Å²) in [6.45, 7) is 6.12. The Bertz CT molecular complexity index is 1220. The van der Waals surface area contributed by atoms with Gasteiger partial charge in [0.1, 0.15) is 12.0 Å². The summed E-state index contributed by atoms with van der Waals surface area (Å²) in [5.74, 6) is 1.78. The monoisotopic (exact) mass is 423 g/mol. The SMILES string of the molecule is CC(C)CN1CC(c2nc(-c3nc4ncc(CO)cc4[nH]3)co2)c2cc(Cl)ccc21. The van der Waals surface area contributed by atoms with Gasteiger partial charge in [-0.05, 0) is 41.3 Å². The third-order valence-corrected chi connectivity index (χ3v) is 5.57. The molecule has 0 bridgehead atoms. The predicted molar refractivity (Wildman–Crippen MR) is 116 cm³/mol. The van der Waals surface area contributed by atoms with Crippen molar-refractivity contribution in [3.05, 3.63) is 58.8 Å². The Hall–Kier alpha value is -2.90. The lowest BCUT2D eigenvalue weighted by molar-refractivity contribution is 0.281. The first kappa shape index (κ1) is 19.1. The van der Waals surface area contributed by atoms with E-state index in [1.165, 1.54) is 5.69 Å². The number of anilines is 1. The third-order valence-electron chi connectivity index (χ3n) is 5.33. The van der Waals surface area contributed by atoms with Crippen LogP contribution in [0.5, 0.6) is 0 Å². The number of nitrogens with one attached hydrogen (secondary N) is 1. The van der Waals surface area contributed by atoms with Gasteiger partial charge < -0.3 is 19.4 Å². The van der Waals surface area contributed by atoms with Crippen LogP contribution in [-0.4, -0.2) is 38.1 Å². The number of hydrogen-bond donors (Lipinski definition) is 2. The Morgan fingerprint density at radius 3 is 2.97 bits per heavy atom. The van der Waals surface area contributed by atoms with Gasteiger partial charge in [0.25, 0.3) is 0 Å². The summed E-state index contributed by atoms with van der Waals surface area (Å²) >= 11 is 6.29. The number of fused-ring (bicyclic) bond motifs is 2. The Balaban J connectivity index is 1.49. The van der Waals surface area contributed by atoms with Crippen molar-refractivity contribution in [2.75, 3.05) is 18.0 Å². The maximum atomic E-state index is 9.31. The van der Waals surface area contributed by atoms with Crippen molar-refractivity contribution in [3.63, 3.8) is 0 Å². The summed E-state index contributed by atoms with van der Waals surface area (Å²) in [7, 11) is 0. The van der Waals surface area contributed by atoms with E-state index in [2.05, 4.69) is 39.8 Å². The lowest BCUT2D eigenvalue weighted by Gasteiger charge is -2.21. The zero-order valence-electron chi connectivity index (χ0n) is 16.8. The predicted octanol–water partition coefficient (Wildman–Crippen LogP) is 4.37. The molecule has 0 amide bonds. The van der Waals surface area contributed by atoms with E-state index >= 15 is 0 Å². The molecule has 30 heavy (non-hydrogen) atoms. The number of H-pyrrole nitrogens is 1. The molecule has 2 N–H and O–H groups in total. The Morgan fingerprint density at radius 2 is 2.17 bits per heavy atom. The molecule has 7 nitrogen and oxygen atoms in total. The summed E-state index contributed by atoms with van der Waals surface area (Å²) in [4.78, 5) is 19.1. The minimum Gasteiger partial charge on any atom is -0.447 e. The van der Waals surface area contributed by atoms with E-state index in [1.807, 2.05) is 18.2 Å². The van der Waals surface area contributed by atoms with Crippen LogP contribution in [0.3, 0.4) is 0 Å². The van der Waals surface area contributed by atoms with Crippen molar-refractivity contribution in [1.82, 2.24) is 19.9 Å². The number of aliphatic hydroxyl groups excluding tert-OH is 1. The van der Waals surface area contributed by atoms with Crippen molar-refractivity contribution in [1.29, 1.82) is 0 Å². The number of oxazole rings is 1. The highest BCUT2D eigenvalue weighted by Gasteiger charge is 2.33. The zero-order chi connectivity index (χ0) is 20.8. The van der Waals surface area contributed by atoms with E-state index in [0.717, 1.165) is 29.7 Å². The molecule has 1 aliphatic rings. The first-order chi connectivity index (χ1) is 14.5. The zero-order valence-corrected chi connectivity index (χ0v) is 17.5. The van der Waals surface area contributed by atoms with Gasteiger partial charge in [-0.2, -0.15) is 0 Å². The molecule has 0 radical (unpaired) electrons. The van der Waals surface area contributed by atoms with Crippen LogP contribution in [0, 0.1) is 5.92 Å². The molecule has 5 rings (SSSR count). The van der Waals surface area contributed by atoms with Crippen molar-refractivity contribution in [2.45, 2.75) is 26.4 Å². The van der Waals surface area contributed by atoms with Crippen LogP contribution in [0.4, 0.5) is 5.69 Å². The van der Waals surface area contributed by atoms with Gasteiger partial charge in [0.05, 0.1) is 18.0 Å². The molecule has 0 saturated heterocycles. The number of imidazole rings is 1. The summed E-state index contributed by atoms with van der Waals surface area (Å²) in [6.07, 6.45) is 3.24. The van der Waals surface area contributed by atoms with Gasteiger partial charge in [-0.3, -0.25) is 0 Å². The lowest BCUT2D eigenvalue weighted by Crippen LogP contribution is -2.26. The van der Waals surface area contributed by atoms with Crippen LogP contribution in [0.1, 0.15) is 36.8 Å². The average molecular weight is 424 g/mol. The fourth-order valence-corrected chi connectivity index (χ4v) is 4.22. The smallest absolute Gasteiger partial charge is 0.204 e. The molecular weight excluding hydrogens is 402 g/mol. The van der Waals surface area contributed by atoms with Crippen LogP contribution < -0.4 is 4.90 Å². The van der Waals surface area contributed by atoms with Crippen LogP contribution in [-0.2, 0) is 6.61 Å².